The van der Waals surface area contributed by atoms with Crippen LogP contribution in [0.4, 0.5) is 0 Å². The summed E-state index contributed by atoms with van der Waals surface area (Å²) >= 11 is 6.14. The van der Waals surface area contributed by atoms with E-state index in [0.29, 0.717) is 12.2 Å². The molecule has 0 radical (unpaired) electrons. The third-order valence-corrected chi connectivity index (χ3v) is 2.76. The smallest absolute Gasteiger partial charge is 0.0953 e. The molecule has 4 heteroatoms. The minimum Gasteiger partial charge on any atom is -0.390 e. The number of hydrogen-bond donors (Lipinski definition) is 1. The lowest BCUT2D eigenvalue weighted by atomic mass is 10.1. The van der Waals surface area contributed by atoms with Crippen LogP contribution in [0.1, 0.15) is 16.8 Å². The number of halogens is 1. The van der Waals surface area contributed by atoms with Crippen molar-refractivity contribution in [2.75, 3.05) is 0 Å². The molecule has 3 nitrogen and oxygen atoms in total. The van der Waals surface area contributed by atoms with Gasteiger partial charge in [0, 0.05) is 17.8 Å². The summed E-state index contributed by atoms with van der Waals surface area (Å²) in [4.78, 5) is 4.05. The van der Waals surface area contributed by atoms with Gasteiger partial charge in [-0.25, -0.2) is 4.98 Å². The van der Waals surface area contributed by atoms with E-state index in [0.717, 1.165) is 16.1 Å². The van der Waals surface area contributed by atoms with E-state index in [-0.39, 0.29) is 6.61 Å². The number of imidazole rings is 1. The average molecular weight is 237 g/mol. The van der Waals surface area contributed by atoms with E-state index in [2.05, 4.69) is 4.98 Å². The van der Waals surface area contributed by atoms with Gasteiger partial charge in [0.1, 0.15) is 0 Å². The summed E-state index contributed by atoms with van der Waals surface area (Å²) in [5.41, 5.74) is 2.87. The number of rotatable bonds is 3. The lowest BCUT2D eigenvalue weighted by Gasteiger charge is -2.05. The number of nitrogens with zero attached hydrogens (tertiary/aromatic N) is 2. The molecule has 2 rings (SSSR count). The van der Waals surface area contributed by atoms with Crippen LogP contribution in [0.5, 0.6) is 0 Å². The molecule has 1 N–H and O–H groups in total. The van der Waals surface area contributed by atoms with Gasteiger partial charge in [-0.15, -0.1) is 0 Å². The van der Waals surface area contributed by atoms with Crippen molar-refractivity contribution >= 4 is 11.6 Å². The third-order valence-electron chi connectivity index (χ3n) is 2.41. The van der Waals surface area contributed by atoms with E-state index in [1.165, 1.54) is 0 Å². The summed E-state index contributed by atoms with van der Waals surface area (Å²) in [7, 11) is 0. The quantitative estimate of drug-likeness (QED) is 0.889. The Morgan fingerprint density at radius 2 is 2.25 bits per heavy atom. The number of benzene rings is 1. The van der Waals surface area contributed by atoms with Gasteiger partial charge in [-0.3, -0.25) is 0 Å². The molecule has 2 aromatic rings. The number of aromatic nitrogens is 2. The molecule has 0 saturated heterocycles. The number of aliphatic hydroxyl groups is 1. The molecule has 16 heavy (non-hydrogen) atoms. The zero-order valence-corrected chi connectivity index (χ0v) is 9.78. The Kier molecular flexibility index (Phi) is 3.27. The number of aryl methyl sites for hydroxylation is 1. The van der Waals surface area contributed by atoms with Crippen LogP contribution in [0.25, 0.3) is 0 Å². The molecule has 0 spiro atoms. The minimum atomic E-state index is -0.0331. The maximum Gasteiger partial charge on any atom is 0.0953 e. The Bertz CT molecular complexity index is 494. The zero-order valence-electron chi connectivity index (χ0n) is 9.02. The fraction of sp³-hybridized carbons (Fsp3) is 0.250. The second kappa shape index (κ2) is 4.68. The molecule has 1 aromatic heterocycles. The van der Waals surface area contributed by atoms with Gasteiger partial charge in [0.05, 0.1) is 18.6 Å². The summed E-state index contributed by atoms with van der Waals surface area (Å²) in [6, 6.07) is 5.99. The molecule has 0 saturated carbocycles. The Balaban J connectivity index is 2.20. The largest absolute Gasteiger partial charge is 0.390 e. The van der Waals surface area contributed by atoms with Crippen LogP contribution in [-0.2, 0) is 13.2 Å². The van der Waals surface area contributed by atoms with E-state index in [4.69, 9.17) is 16.7 Å². The van der Waals surface area contributed by atoms with Gasteiger partial charge in [0.2, 0.25) is 0 Å². The van der Waals surface area contributed by atoms with Gasteiger partial charge < -0.3 is 9.67 Å². The molecule has 0 fully saturated rings. The van der Waals surface area contributed by atoms with Crippen molar-refractivity contribution in [3.05, 3.63) is 52.6 Å². The SMILES string of the molecule is Cc1ccc(Cn2cnc(CO)c2)c(Cl)c1. The first kappa shape index (κ1) is 11.2. The molecule has 0 amide bonds. The molecule has 84 valence electrons. The maximum atomic E-state index is 8.91. The fourth-order valence-electron chi connectivity index (χ4n) is 1.55. The monoisotopic (exact) mass is 236 g/mol. The summed E-state index contributed by atoms with van der Waals surface area (Å²) in [6.45, 7) is 2.65. The fourth-order valence-corrected chi connectivity index (χ4v) is 1.85. The van der Waals surface area contributed by atoms with Gasteiger partial charge in [-0.05, 0) is 24.1 Å². The van der Waals surface area contributed by atoms with Crippen molar-refractivity contribution in [3.8, 4) is 0 Å². The topological polar surface area (TPSA) is 38.0 Å². The van der Waals surface area contributed by atoms with E-state index < -0.39 is 0 Å². The van der Waals surface area contributed by atoms with Gasteiger partial charge in [-0.1, -0.05) is 23.7 Å². The second-order valence-corrected chi connectivity index (χ2v) is 4.20. The predicted molar refractivity (Wildman–Crippen MR) is 63.4 cm³/mol. The molecular weight excluding hydrogens is 224 g/mol. The van der Waals surface area contributed by atoms with Crippen LogP contribution in [0.2, 0.25) is 5.02 Å². The molecule has 1 aromatic carbocycles. The first-order valence-corrected chi connectivity index (χ1v) is 5.43. The minimum absolute atomic E-state index is 0.0331. The first-order chi connectivity index (χ1) is 7.69. The standard InChI is InChI=1S/C12H13ClN2O/c1-9-2-3-10(12(13)4-9)5-15-6-11(7-16)14-8-15/h2-4,6,8,16H,5,7H2,1H3. The first-order valence-electron chi connectivity index (χ1n) is 5.05. The number of hydrogen-bond acceptors (Lipinski definition) is 2. The van der Waals surface area contributed by atoms with Crippen LogP contribution in [0.3, 0.4) is 0 Å². The Hall–Kier alpha value is -1.32. The Labute approximate surface area is 99.3 Å². The molecular formula is C12H13ClN2O. The van der Waals surface area contributed by atoms with Crippen LogP contribution in [0, 0.1) is 6.92 Å². The van der Waals surface area contributed by atoms with Crippen LogP contribution in [-0.4, -0.2) is 14.7 Å². The van der Waals surface area contributed by atoms with E-state index in [1.807, 2.05) is 35.9 Å². The van der Waals surface area contributed by atoms with Crippen LogP contribution < -0.4 is 0 Å². The molecule has 0 aliphatic carbocycles. The Morgan fingerprint density at radius 3 is 2.88 bits per heavy atom. The molecule has 1 heterocycles. The van der Waals surface area contributed by atoms with Crippen LogP contribution in [0.15, 0.2) is 30.7 Å². The van der Waals surface area contributed by atoms with Crippen molar-refractivity contribution < 1.29 is 5.11 Å². The highest BCUT2D eigenvalue weighted by molar-refractivity contribution is 6.31. The van der Waals surface area contributed by atoms with E-state index in [1.54, 1.807) is 6.33 Å². The van der Waals surface area contributed by atoms with Crippen molar-refractivity contribution in [2.45, 2.75) is 20.1 Å². The lowest BCUT2D eigenvalue weighted by Crippen LogP contribution is -1.97. The summed E-state index contributed by atoms with van der Waals surface area (Å²) in [5.74, 6) is 0. The van der Waals surface area contributed by atoms with Gasteiger partial charge >= 0.3 is 0 Å². The summed E-state index contributed by atoms with van der Waals surface area (Å²) in [6.07, 6.45) is 3.51. The van der Waals surface area contributed by atoms with Crippen LogP contribution >= 0.6 is 11.6 Å². The second-order valence-electron chi connectivity index (χ2n) is 3.79. The zero-order chi connectivity index (χ0) is 11.5. The maximum absolute atomic E-state index is 8.91. The summed E-state index contributed by atoms with van der Waals surface area (Å²) < 4.78 is 1.90. The number of aliphatic hydroxyl groups excluding tert-OH is 1. The predicted octanol–water partition coefficient (Wildman–Crippen LogP) is 2.39. The highest BCUT2D eigenvalue weighted by Crippen LogP contribution is 2.18. The molecule has 0 aliphatic rings. The Morgan fingerprint density at radius 1 is 1.44 bits per heavy atom. The van der Waals surface area contributed by atoms with Gasteiger partial charge in [-0.2, -0.15) is 0 Å². The highest BCUT2D eigenvalue weighted by Gasteiger charge is 2.02. The molecule has 0 atom stereocenters. The van der Waals surface area contributed by atoms with E-state index in [9.17, 15) is 0 Å². The normalized spacial score (nSPS) is 10.7. The van der Waals surface area contributed by atoms with Gasteiger partial charge in [0.25, 0.3) is 0 Å². The van der Waals surface area contributed by atoms with Crippen molar-refractivity contribution in [3.63, 3.8) is 0 Å². The lowest BCUT2D eigenvalue weighted by molar-refractivity contribution is 0.277. The average Bonchev–Trinajstić information content (AvgIpc) is 2.70. The van der Waals surface area contributed by atoms with E-state index >= 15 is 0 Å². The molecule has 0 unspecified atom stereocenters. The third kappa shape index (κ3) is 2.43. The van der Waals surface area contributed by atoms with Crippen molar-refractivity contribution in [1.82, 2.24) is 9.55 Å². The van der Waals surface area contributed by atoms with Gasteiger partial charge in [0.15, 0.2) is 0 Å². The van der Waals surface area contributed by atoms with Crippen molar-refractivity contribution in [1.29, 1.82) is 0 Å². The highest BCUT2D eigenvalue weighted by atomic mass is 35.5. The molecule has 0 bridgehead atoms. The van der Waals surface area contributed by atoms with Crippen molar-refractivity contribution in [2.24, 2.45) is 0 Å². The summed E-state index contributed by atoms with van der Waals surface area (Å²) in [5, 5.41) is 9.67. The molecule has 0 aliphatic heterocycles.